The summed E-state index contributed by atoms with van der Waals surface area (Å²) in [7, 11) is 0. The summed E-state index contributed by atoms with van der Waals surface area (Å²) in [6.45, 7) is 5.79. The summed E-state index contributed by atoms with van der Waals surface area (Å²) in [4.78, 5) is 2.47. The van der Waals surface area contributed by atoms with Crippen LogP contribution in [0.25, 0.3) is 0 Å². The molecular weight excluding hydrogens is 212 g/mol. The maximum atomic E-state index is 9.24. The number of likely N-dealkylation sites (tertiary alicyclic amines) is 1. The number of nitrogens with zero attached hydrogens (tertiary/aromatic N) is 1. The second-order valence-electron chi connectivity index (χ2n) is 4.96. The summed E-state index contributed by atoms with van der Waals surface area (Å²) in [6.07, 6.45) is 0.928. The van der Waals surface area contributed by atoms with Gasteiger partial charge in [0.05, 0.1) is 6.10 Å². The van der Waals surface area contributed by atoms with Crippen molar-refractivity contribution in [1.82, 2.24) is 10.2 Å². The van der Waals surface area contributed by atoms with Crippen LogP contribution in [0.15, 0.2) is 30.3 Å². The molecule has 17 heavy (non-hydrogen) atoms. The summed E-state index contributed by atoms with van der Waals surface area (Å²) in [5, 5.41) is 12.6. The molecule has 2 N–H and O–H groups in total. The lowest BCUT2D eigenvalue weighted by molar-refractivity contribution is 0.185. The molecule has 0 aliphatic carbocycles. The molecular formula is C14H22N2O. The molecule has 1 aliphatic heterocycles. The van der Waals surface area contributed by atoms with E-state index in [-0.39, 0.29) is 6.10 Å². The first-order chi connectivity index (χ1) is 8.24. The van der Waals surface area contributed by atoms with Gasteiger partial charge in [-0.25, -0.2) is 0 Å². The van der Waals surface area contributed by atoms with E-state index in [9.17, 15) is 5.11 Å². The van der Waals surface area contributed by atoms with Crippen molar-refractivity contribution in [3.05, 3.63) is 35.9 Å². The van der Waals surface area contributed by atoms with Crippen LogP contribution in [0, 0.1) is 0 Å². The topological polar surface area (TPSA) is 35.5 Å². The van der Waals surface area contributed by atoms with Gasteiger partial charge in [-0.3, -0.25) is 4.90 Å². The Morgan fingerprint density at radius 1 is 1.41 bits per heavy atom. The van der Waals surface area contributed by atoms with Crippen LogP contribution in [0.5, 0.6) is 0 Å². The Hall–Kier alpha value is -0.900. The summed E-state index contributed by atoms with van der Waals surface area (Å²) in [5.41, 5.74) is 1.38. The van der Waals surface area contributed by atoms with Gasteiger partial charge in [0.15, 0.2) is 0 Å². The number of hydrogen-bond donors (Lipinski definition) is 2. The van der Waals surface area contributed by atoms with E-state index in [2.05, 4.69) is 40.5 Å². The first-order valence-electron chi connectivity index (χ1n) is 6.42. The third kappa shape index (κ3) is 4.11. The lowest BCUT2D eigenvalue weighted by Gasteiger charge is -2.17. The molecule has 1 aromatic rings. The van der Waals surface area contributed by atoms with E-state index in [0.29, 0.717) is 12.6 Å². The zero-order chi connectivity index (χ0) is 12.1. The zero-order valence-electron chi connectivity index (χ0n) is 10.5. The lowest BCUT2D eigenvalue weighted by Crippen LogP contribution is -2.36. The SMILES string of the molecule is CC(O)CN[C@H]1CCN(Cc2ccccc2)C1. The van der Waals surface area contributed by atoms with Gasteiger partial charge in [-0.2, -0.15) is 0 Å². The maximum absolute atomic E-state index is 9.24. The molecule has 0 amide bonds. The minimum absolute atomic E-state index is 0.252. The molecule has 0 bridgehead atoms. The van der Waals surface area contributed by atoms with Crippen LogP contribution in [0.4, 0.5) is 0 Å². The molecule has 1 aromatic carbocycles. The van der Waals surface area contributed by atoms with Crippen LogP contribution in [0.2, 0.25) is 0 Å². The number of nitrogens with one attached hydrogen (secondary N) is 1. The van der Waals surface area contributed by atoms with Gasteiger partial charge in [-0.1, -0.05) is 30.3 Å². The Kier molecular flexibility index (Phi) is 4.54. The van der Waals surface area contributed by atoms with Crippen molar-refractivity contribution >= 4 is 0 Å². The van der Waals surface area contributed by atoms with E-state index in [4.69, 9.17) is 0 Å². The van der Waals surface area contributed by atoms with Crippen molar-refractivity contribution in [3.8, 4) is 0 Å². The Morgan fingerprint density at radius 3 is 2.88 bits per heavy atom. The number of aliphatic hydroxyl groups is 1. The van der Waals surface area contributed by atoms with E-state index in [1.165, 1.54) is 12.0 Å². The number of aliphatic hydroxyl groups excluding tert-OH is 1. The van der Waals surface area contributed by atoms with Crippen LogP contribution in [0.1, 0.15) is 18.9 Å². The van der Waals surface area contributed by atoms with Crippen molar-refractivity contribution in [3.63, 3.8) is 0 Å². The van der Waals surface area contributed by atoms with Crippen molar-refractivity contribution in [2.24, 2.45) is 0 Å². The van der Waals surface area contributed by atoms with Crippen LogP contribution >= 0.6 is 0 Å². The lowest BCUT2D eigenvalue weighted by atomic mass is 10.2. The van der Waals surface area contributed by atoms with Gasteiger partial charge < -0.3 is 10.4 Å². The highest BCUT2D eigenvalue weighted by Gasteiger charge is 2.21. The monoisotopic (exact) mass is 234 g/mol. The molecule has 94 valence electrons. The molecule has 1 fully saturated rings. The quantitative estimate of drug-likeness (QED) is 0.804. The van der Waals surface area contributed by atoms with Gasteiger partial charge in [-0.15, -0.1) is 0 Å². The number of benzene rings is 1. The molecule has 2 rings (SSSR count). The van der Waals surface area contributed by atoms with E-state index >= 15 is 0 Å². The average Bonchev–Trinajstić information content (AvgIpc) is 2.75. The van der Waals surface area contributed by atoms with E-state index in [1.807, 2.05) is 6.92 Å². The summed E-state index contributed by atoms with van der Waals surface area (Å²) in [6, 6.07) is 11.1. The minimum Gasteiger partial charge on any atom is -0.392 e. The fourth-order valence-electron chi connectivity index (χ4n) is 2.32. The van der Waals surface area contributed by atoms with Crippen molar-refractivity contribution in [1.29, 1.82) is 0 Å². The Morgan fingerprint density at radius 2 is 2.18 bits per heavy atom. The summed E-state index contributed by atoms with van der Waals surface area (Å²) in [5.74, 6) is 0. The van der Waals surface area contributed by atoms with E-state index < -0.39 is 0 Å². The van der Waals surface area contributed by atoms with Crippen molar-refractivity contribution < 1.29 is 5.11 Å². The number of rotatable bonds is 5. The largest absolute Gasteiger partial charge is 0.392 e. The second-order valence-corrected chi connectivity index (χ2v) is 4.96. The molecule has 3 heteroatoms. The fourth-order valence-corrected chi connectivity index (χ4v) is 2.32. The molecule has 1 heterocycles. The van der Waals surface area contributed by atoms with Crippen LogP contribution in [-0.2, 0) is 6.54 Å². The third-order valence-electron chi connectivity index (χ3n) is 3.22. The van der Waals surface area contributed by atoms with Crippen molar-refractivity contribution in [2.75, 3.05) is 19.6 Å². The van der Waals surface area contributed by atoms with Gasteiger partial charge in [0, 0.05) is 32.2 Å². The molecule has 3 nitrogen and oxygen atoms in total. The van der Waals surface area contributed by atoms with Gasteiger partial charge in [0.2, 0.25) is 0 Å². The van der Waals surface area contributed by atoms with E-state index in [0.717, 1.165) is 19.6 Å². The van der Waals surface area contributed by atoms with Gasteiger partial charge in [-0.05, 0) is 18.9 Å². The molecule has 1 aliphatic rings. The highest BCUT2D eigenvalue weighted by Crippen LogP contribution is 2.13. The first-order valence-corrected chi connectivity index (χ1v) is 6.42. The highest BCUT2D eigenvalue weighted by molar-refractivity contribution is 5.14. The summed E-state index contributed by atoms with van der Waals surface area (Å²) >= 11 is 0. The number of hydrogen-bond acceptors (Lipinski definition) is 3. The average molecular weight is 234 g/mol. The fraction of sp³-hybridized carbons (Fsp3) is 0.571. The van der Waals surface area contributed by atoms with Crippen molar-refractivity contribution in [2.45, 2.75) is 32.0 Å². The Bertz CT molecular complexity index is 326. The van der Waals surface area contributed by atoms with Crippen LogP contribution < -0.4 is 5.32 Å². The molecule has 2 atom stereocenters. The molecule has 0 radical (unpaired) electrons. The standard InChI is InChI=1S/C14H22N2O/c1-12(17)9-15-14-7-8-16(11-14)10-13-5-3-2-4-6-13/h2-6,12,14-15,17H,7-11H2,1H3/t12?,14-/m0/s1. The highest BCUT2D eigenvalue weighted by atomic mass is 16.3. The second kappa shape index (κ2) is 6.15. The van der Waals surface area contributed by atoms with Gasteiger partial charge in [0.1, 0.15) is 0 Å². The van der Waals surface area contributed by atoms with Crippen LogP contribution in [0.3, 0.4) is 0 Å². The zero-order valence-corrected chi connectivity index (χ0v) is 10.5. The van der Waals surface area contributed by atoms with Gasteiger partial charge >= 0.3 is 0 Å². The van der Waals surface area contributed by atoms with E-state index in [1.54, 1.807) is 0 Å². The minimum atomic E-state index is -0.252. The third-order valence-corrected chi connectivity index (χ3v) is 3.22. The predicted molar refractivity (Wildman–Crippen MR) is 69.8 cm³/mol. The molecule has 1 unspecified atom stereocenters. The van der Waals surface area contributed by atoms with Gasteiger partial charge in [0.25, 0.3) is 0 Å². The Balaban J connectivity index is 1.74. The molecule has 0 saturated carbocycles. The Labute approximate surface area is 103 Å². The van der Waals surface area contributed by atoms with Crippen LogP contribution in [-0.4, -0.2) is 41.8 Å². The normalized spacial score (nSPS) is 22.8. The molecule has 0 aromatic heterocycles. The molecule has 1 saturated heterocycles. The first kappa shape index (κ1) is 12.6. The maximum Gasteiger partial charge on any atom is 0.0636 e. The molecule has 0 spiro atoms. The summed E-state index contributed by atoms with van der Waals surface area (Å²) < 4.78 is 0. The predicted octanol–water partition coefficient (Wildman–Crippen LogP) is 1.23. The smallest absolute Gasteiger partial charge is 0.0636 e.